The minimum atomic E-state index is -1.64. The molecule has 5 aliphatic carbocycles. The molecule has 1 amide bonds. The monoisotopic (exact) mass is 807 g/mol. The molecule has 0 aromatic carbocycles. The Kier molecular flexibility index (Phi) is 11.4. The summed E-state index contributed by atoms with van der Waals surface area (Å²) in [6.45, 7) is 14.7. The summed E-state index contributed by atoms with van der Waals surface area (Å²) >= 11 is 0. The van der Waals surface area contributed by atoms with Gasteiger partial charge in [0, 0.05) is 5.41 Å². The van der Waals surface area contributed by atoms with E-state index in [-0.39, 0.29) is 65.1 Å². The van der Waals surface area contributed by atoms with Gasteiger partial charge in [0.2, 0.25) is 5.91 Å². The standard InChI is InChI=1S/C43H69NO13/c1-22-30(49)32(51)33(52)35(55-22)57-34-31(50)25(46)20-54-36(34)56-28-11-12-39(4)26(40(28,5)21-45)10-13-42(7)27(39)9-8-23-24-18-38(2,3)14-16-43(24,17-15-41(23,42)6)37(53)44-19-29(47)48/h8,22,24-28,30-36,45-46,49-52H,9-21H2,1-7H3,(H,44,53)(H,47,48)/t22-,24-,25-,26+,27+,28-,30-,31-,32+,33+,34+,35-,36-,39-,40-,41+,42+,43-/m0/s1. The van der Waals surface area contributed by atoms with Gasteiger partial charge in [-0.25, -0.2) is 0 Å². The molecule has 57 heavy (non-hydrogen) atoms. The van der Waals surface area contributed by atoms with Crippen molar-refractivity contribution < 1.29 is 64.3 Å². The predicted octanol–water partition coefficient (Wildman–Crippen LogP) is 2.64. The van der Waals surface area contributed by atoms with Crippen LogP contribution in [0.2, 0.25) is 0 Å². The molecule has 4 saturated carbocycles. The highest BCUT2D eigenvalue weighted by molar-refractivity contribution is 5.87. The first-order chi connectivity index (χ1) is 26.6. The van der Waals surface area contributed by atoms with Crippen LogP contribution in [0.4, 0.5) is 0 Å². The van der Waals surface area contributed by atoms with Crippen LogP contribution in [-0.2, 0) is 28.5 Å². The summed E-state index contributed by atoms with van der Waals surface area (Å²) in [5, 5.41) is 76.6. The van der Waals surface area contributed by atoms with Crippen LogP contribution in [0.1, 0.15) is 113 Å². The second-order valence-electron chi connectivity index (χ2n) is 20.8. The molecule has 0 unspecified atom stereocenters. The maximum atomic E-state index is 14.0. The molecule has 0 spiro atoms. The molecule has 0 aromatic heterocycles. The molecule has 8 N–H and O–H groups in total. The Labute approximate surface area is 336 Å². The average Bonchev–Trinajstić information content (AvgIpc) is 3.15. The van der Waals surface area contributed by atoms with Crippen molar-refractivity contribution >= 4 is 11.9 Å². The molecule has 324 valence electrons. The SMILES string of the molecule is C[C@@H]1O[C@@H](O[C@H]2[C@H](O[C@H]3CC[C@@]4(C)[C@@H](CC[C@]5(C)[C@@H]4CC=C4[C@@H]6CC(C)(C)CC[C@]6(C(=O)NCC(=O)O)CC[C@]45C)[C@]3(C)CO)OC[C@H](O)[C@@H]2O)[C@H](O)[C@H](O)[C@H]1O. The van der Waals surface area contributed by atoms with Gasteiger partial charge in [-0.15, -0.1) is 0 Å². The Morgan fingerprint density at radius 2 is 1.54 bits per heavy atom. The summed E-state index contributed by atoms with van der Waals surface area (Å²) in [5.41, 5.74) is -0.375. The number of fused-ring (bicyclic) bond motifs is 7. The predicted molar refractivity (Wildman–Crippen MR) is 205 cm³/mol. The minimum Gasteiger partial charge on any atom is -0.480 e. The first kappa shape index (κ1) is 43.4. The van der Waals surface area contributed by atoms with E-state index in [4.69, 9.17) is 18.9 Å². The molecule has 6 fully saturated rings. The number of hydrogen-bond donors (Lipinski definition) is 8. The number of aliphatic carboxylic acids is 1. The fourth-order valence-corrected chi connectivity index (χ4v) is 13.7. The van der Waals surface area contributed by atoms with Gasteiger partial charge in [-0.3, -0.25) is 9.59 Å². The van der Waals surface area contributed by atoms with Crippen molar-refractivity contribution in [2.75, 3.05) is 19.8 Å². The zero-order valence-electron chi connectivity index (χ0n) is 34.9. The largest absolute Gasteiger partial charge is 0.480 e. The number of carbonyl (C=O) groups is 2. The van der Waals surface area contributed by atoms with Crippen LogP contribution >= 0.6 is 0 Å². The van der Waals surface area contributed by atoms with Gasteiger partial charge in [-0.1, -0.05) is 53.2 Å². The molecule has 2 aliphatic heterocycles. The maximum Gasteiger partial charge on any atom is 0.322 e. The maximum absolute atomic E-state index is 14.0. The molecule has 7 aliphatic rings. The number of aliphatic hydroxyl groups excluding tert-OH is 6. The highest BCUT2D eigenvalue weighted by atomic mass is 16.8. The third-order valence-corrected chi connectivity index (χ3v) is 17.4. The van der Waals surface area contributed by atoms with Crippen molar-refractivity contribution in [3.8, 4) is 0 Å². The Morgan fingerprint density at radius 1 is 0.842 bits per heavy atom. The van der Waals surface area contributed by atoms with Crippen LogP contribution < -0.4 is 5.32 Å². The number of carboxylic acids is 1. The van der Waals surface area contributed by atoms with E-state index in [2.05, 4.69) is 52.9 Å². The summed E-state index contributed by atoms with van der Waals surface area (Å²) in [6.07, 6.45) is -2.12. The fourth-order valence-electron chi connectivity index (χ4n) is 13.7. The topological polar surface area (TPSA) is 225 Å². The second kappa shape index (κ2) is 15.0. The highest BCUT2D eigenvalue weighted by Gasteiger charge is 2.70. The van der Waals surface area contributed by atoms with Crippen molar-refractivity contribution in [3.05, 3.63) is 11.6 Å². The molecule has 2 saturated heterocycles. The van der Waals surface area contributed by atoms with Crippen LogP contribution in [0, 0.1) is 50.2 Å². The number of carboxylic acid groups (broad SMARTS) is 1. The number of hydrogen-bond acceptors (Lipinski definition) is 12. The third kappa shape index (κ3) is 6.75. The van der Waals surface area contributed by atoms with Crippen LogP contribution in [0.5, 0.6) is 0 Å². The lowest BCUT2D eigenvalue weighted by atomic mass is 9.33. The third-order valence-electron chi connectivity index (χ3n) is 17.4. The average molecular weight is 808 g/mol. The van der Waals surface area contributed by atoms with Gasteiger partial charge in [-0.05, 0) is 111 Å². The lowest BCUT2D eigenvalue weighted by Gasteiger charge is -2.71. The van der Waals surface area contributed by atoms with E-state index in [1.54, 1.807) is 0 Å². The van der Waals surface area contributed by atoms with Crippen LogP contribution in [0.25, 0.3) is 0 Å². The number of aliphatic hydroxyl groups is 6. The van der Waals surface area contributed by atoms with E-state index in [1.807, 2.05) is 0 Å². The van der Waals surface area contributed by atoms with Gasteiger partial charge in [0.25, 0.3) is 0 Å². The summed E-state index contributed by atoms with van der Waals surface area (Å²) in [4.78, 5) is 25.5. The molecular formula is C43H69NO13. The Hall–Kier alpha value is -1.72. The zero-order valence-corrected chi connectivity index (χ0v) is 34.9. The molecule has 14 nitrogen and oxygen atoms in total. The van der Waals surface area contributed by atoms with E-state index in [1.165, 1.54) is 12.5 Å². The summed E-state index contributed by atoms with van der Waals surface area (Å²) in [5.74, 6) is -0.801. The van der Waals surface area contributed by atoms with E-state index < -0.39 is 78.2 Å². The van der Waals surface area contributed by atoms with E-state index in [0.717, 1.165) is 51.4 Å². The first-order valence-electron chi connectivity index (χ1n) is 21.4. The van der Waals surface area contributed by atoms with Gasteiger partial charge in [0.15, 0.2) is 12.6 Å². The van der Waals surface area contributed by atoms with Crippen molar-refractivity contribution in [2.24, 2.45) is 50.2 Å². The fraction of sp³-hybridized carbons (Fsp3) is 0.907. The van der Waals surface area contributed by atoms with Gasteiger partial charge in [-0.2, -0.15) is 0 Å². The Morgan fingerprint density at radius 3 is 2.23 bits per heavy atom. The molecular weight excluding hydrogens is 738 g/mol. The Bertz CT molecular complexity index is 1570. The van der Waals surface area contributed by atoms with Gasteiger partial charge >= 0.3 is 5.97 Å². The number of ether oxygens (including phenoxy) is 4. The molecule has 18 atom stereocenters. The molecule has 0 aromatic rings. The molecule has 2 heterocycles. The van der Waals surface area contributed by atoms with E-state index in [9.17, 15) is 45.3 Å². The highest BCUT2D eigenvalue weighted by Crippen LogP contribution is 2.76. The van der Waals surface area contributed by atoms with Crippen molar-refractivity contribution in [3.63, 3.8) is 0 Å². The zero-order chi connectivity index (χ0) is 41.7. The lowest BCUT2D eigenvalue weighted by molar-refractivity contribution is -0.365. The summed E-state index contributed by atoms with van der Waals surface area (Å²) in [7, 11) is 0. The van der Waals surface area contributed by atoms with Gasteiger partial charge in [0.05, 0.1) is 30.8 Å². The first-order valence-corrected chi connectivity index (χ1v) is 21.4. The van der Waals surface area contributed by atoms with Crippen molar-refractivity contribution in [1.29, 1.82) is 0 Å². The molecule has 0 bridgehead atoms. The minimum absolute atomic E-state index is 0.0279. The number of nitrogens with one attached hydrogen (secondary N) is 1. The second-order valence-corrected chi connectivity index (χ2v) is 20.8. The lowest BCUT2D eigenvalue weighted by Crippen LogP contribution is -2.67. The smallest absolute Gasteiger partial charge is 0.322 e. The molecule has 7 rings (SSSR count). The molecule has 0 radical (unpaired) electrons. The van der Waals surface area contributed by atoms with Crippen LogP contribution in [0.15, 0.2) is 11.6 Å². The van der Waals surface area contributed by atoms with Crippen molar-refractivity contribution in [1.82, 2.24) is 5.32 Å². The summed E-state index contributed by atoms with van der Waals surface area (Å²) in [6, 6.07) is 0. The number of amides is 1. The van der Waals surface area contributed by atoms with Crippen LogP contribution in [0.3, 0.4) is 0 Å². The van der Waals surface area contributed by atoms with Gasteiger partial charge < -0.3 is 60.0 Å². The summed E-state index contributed by atoms with van der Waals surface area (Å²) < 4.78 is 24.4. The Balaban J connectivity index is 1.15. The normalized spacial score (nSPS) is 51.9. The number of rotatable bonds is 8. The number of carbonyl (C=O) groups excluding carboxylic acids is 1. The quantitative estimate of drug-likeness (QED) is 0.131. The molecule has 14 heteroatoms. The van der Waals surface area contributed by atoms with Gasteiger partial charge in [0.1, 0.15) is 43.2 Å². The van der Waals surface area contributed by atoms with Crippen LogP contribution in [-0.4, -0.2) is 129 Å². The number of allylic oxidation sites excluding steroid dienone is 2. The van der Waals surface area contributed by atoms with E-state index >= 15 is 0 Å². The van der Waals surface area contributed by atoms with Crippen molar-refractivity contribution in [2.45, 2.75) is 174 Å². The van der Waals surface area contributed by atoms with E-state index in [0.29, 0.717) is 12.8 Å².